The first-order valence-electron chi connectivity index (χ1n) is 5.64. The van der Waals surface area contributed by atoms with E-state index in [0.717, 1.165) is 17.9 Å². The van der Waals surface area contributed by atoms with Gasteiger partial charge >= 0.3 is 0 Å². The lowest BCUT2D eigenvalue weighted by molar-refractivity contribution is 0.0935. The van der Waals surface area contributed by atoms with Gasteiger partial charge < -0.3 is 10.6 Å². The maximum absolute atomic E-state index is 11.9. The number of hydrogen-bond donors (Lipinski definition) is 2. The van der Waals surface area contributed by atoms with Gasteiger partial charge in [-0.2, -0.15) is 11.8 Å². The average molecular weight is 253 g/mol. The number of thioether (sulfide) groups is 1. The fraction of sp³-hybridized carbons (Fsp3) is 0.500. The Morgan fingerprint density at radius 2 is 2.29 bits per heavy atom. The van der Waals surface area contributed by atoms with Crippen LogP contribution in [0.25, 0.3) is 0 Å². The Morgan fingerprint density at radius 3 is 2.76 bits per heavy atom. The normalized spacial score (nSPS) is 11.9. The number of pyridine rings is 1. The van der Waals surface area contributed by atoms with Crippen LogP contribution in [0, 0.1) is 0 Å². The lowest BCUT2D eigenvalue weighted by atomic mass is 10.2. The highest BCUT2D eigenvalue weighted by Gasteiger charge is 2.12. The quantitative estimate of drug-likeness (QED) is 0.814. The number of amides is 1. The molecular formula is C12H19N3OS. The van der Waals surface area contributed by atoms with Crippen molar-refractivity contribution >= 4 is 23.4 Å². The van der Waals surface area contributed by atoms with Crippen LogP contribution in [0.2, 0.25) is 0 Å². The number of carbonyl (C=O) groups excluding carboxylic acids is 1. The summed E-state index contributed by atoms with van der Waals surface area (Å²) in [6.07, 6.45) is 4.63. The summed E-state index contributed by atoms with van der Waals surface area (Å²) in [4.78, 5) is 16.0. The summed E-state index contributed by atoms with van der Waals surface area (Å²) in [7, 11) is 1.82. The fourth-order valence-electron chi connectivity index (χ4n) is 1.40. The van der Waals surface area contributed by atoms with Gasteiger partial charge in [-0.25, -0.2) is 4.98 Å². The standard InChI is InChI=1S/C12H19N3OS/c1-4-9(8-17-3)15-12(16)11-6-5-10(13-2)7-14-11/h5-7,9,13H,4,8H2,1-3H3,(H,15,16). The Bertz CT molecular complexity index is 353. The van der Waals surface area contributed by atoms with Gasteiger partial charge in [-0.15, -0.1) is 0 Å². The molecule has 4 nitrogen and oxygen atoms in total. The molecule has 0 aliphatic carbocycles. The number of anilines is 1. The third-order valence-electron chi connectivity index (χ3n) is 2.48. The third kappa shape index (κ3) is 4.26. The molecule has 0 aliphatic heterocycles. The first-order chi connectivity index (χ1) is 8.21. The Balaban J connectivity index is 2.62. The van der Waals surface area contributed by atoms with Crippen LogP contribution in [0.5, 0.6) is 0 Å². The smallest absolute Gasteiger partial charge is 0.270 e. The fourth-order valence-corrected chi connectivity index (χ4v) is 2.12. The highest BCUT2D eigenvalue weighted by molar-refractivity contribution is 7.98. The van der Waals surface area contributed by atoms with Crippen molar-refractivity contribution in [2.45, 2.75) is 19.4 Å². The maximum atomic E-state index is 11.9. The number of nitrogens with zero attached hydrogens (tertiary/aromatic N) is 1. The topological polar surface area (TPSA) is 54.0 Å². The lowest BCUT2D eigenvalue weighted by Crippen LogP contribution is -2.36. The van der Waals surface area contributed by atoms with Crippen LogP contribution in [0.3, 0.4) is 0 Å². The molecule has 1 atom stereocenters. The molecule has 5 heteroatoms. The minimum atomic E-state index is -0.103. The average Bonchev–Trinajstić information content (AvgIpc) is 2.38. The molecule has 94 valence electrons. The van der Waals surface area contributed by atoms with Crippen molar-refractivity contribution in [1.29, 1.82) is 0 Å². The van der Waals surface area contributed by atoms with E-state index in [9.17, 15) is 4.79 Å². The second-order valence-electron chi connectivity index (χ2n) is 3.72. The van der Waals surface area contributed by atoms with E-state index in [0.29, 0.717) is 5.69 Å². The zero-order valence-electron chi connectivity index (χ0n) is 10.5. The van der Waals surface area contributed by atoms with Crippen molar-refractivity contribution in [3.05, 3.63) is 24.0 Å². The van der Waals surface area contributed by atoms with E-state index >= 15 is 0 Å². The van der Waals surface area contributed by atoms with E-state index < -0.39 is 0 Å². The summed E-state index contributed by atoms with van der Waals surface area (Å²) in [6, 6.07) is 3.79. The van der Waals surface area contributed by atoms with Crippen molar-refractivity contribution in [3.8, 4) is 0 Å². The van der Waals surface area contributed by atoms with Crippen LogP contribution in [-0.2, 0) is 0 Å². The third-order valence-corrected chi connectivity index (χ3v) is 3.22. The molecule has 17 heavy (non-hydrogen) atoms. The molecule has 1 unspecified atom stereocenters. The van der Waals surface area contributed by atoms with Crippen molar-refractivity contribution in [2.75, 3.05) is 24.4 Å². The Kier molecular flexibility index (Phi) is 5.83. The van der Waals surface area contributed by atoms with Gasteiger partial charge in [0.05, 0.1) is 11.9 Å². The first-order valence-corrected chi connectivity index (χ1v) is 7.04. The Hall–Kier alpha value is -1.23. The molecule has 0 radical (unpaired) electrons. The molecule has 1 aromatic heterocycles. The SMILES string of the molecule is CCC(CSC)NC(=O)c1ccc(NC)cn1. The van der Waals surface area contributed by atoms with E-state index in [4.69, 9.17) is 0 Å². The molecule has 0 bridgehead atoms. The van der Waals surface area contributed by atoms with Crippen LogP contribution in [0.1, 0.15) is 23.8 Å². The molecule has 0 saturated heterocycles. The number of aromatic nitrogens is 1. The van der Waals surface area contributed by atoms with Crippen molar-refractivity contribution < 1.29 is 4.79 Å². The summed E-state index contributed by atoms with van der Waals surface area (Å²) < 4.78 is 0. The van der Waals surface area contributed by atoms with Crippen molar-refractivity contribution in [3.63, 3.8) is 0 Å². The zero-order valence-corrected chi connectivity index (χ0v) is 11.3. The Morgan fingerprint density at radius 1 is 1.53 bits per heavy atom. The molecule has 0 aromatic carbocycles. The summed E-state index contributed by atoms with van der Waals surface area (Å²) >= 11 is 1.73. The summed E-state index contributed by atoms with van der Waals surface area (Å²) in [5, 5.41) is 5.95. The van der Waals surface area contributed by atoms with Gasteiger partial charge in [0.25, 0.3) is 5.91 Å². The second-order valence-corrected chi connectivity index (χ2v) is 4.63. The first kappa shape index (κ1) is 13.8. The molecule has 2 N–H and O–H groups in total. The van der Waals surface area contributed by atoms with E-state index in [1.54, 1.807) is 24.0 Å². The summed E-state index contributed by atoms with van der Waals surface area (Å²) in [6.45, 7) is 2.07. The predicted octanol–water partition coefficient (Wildman–Crippen LogP) is 1.99. The van der Waals surface area contributed by atoms with E-state index in [1.165, 1.54) is 0 Å². The highest BCUT2D eigenvalue weighted by atomic mass is 32.2. The van der Waals surface area contributed by atoms with Crippen molar-refractivity contribution in [1.82, 2.24) is 10.3 Å². The second kappa shape index (κ2) is 7.17. The van der Waals surface area contributed by atoms with E-state index in [1.807, 2.05) is 19.4 Å². The van der Waals surface area contributed by atoms with Crippen LogP contribution < -0.4 is 10.6 Å². The van der Waals surface area contributed by atoms with Gasteiger partial charge in [0.1, 0.15) is 5.69 Å². The molecule has 1 heterocycles. The number of rotatable bonds is 6. The van der Waals surface area contributed by atoms with Crippen LogP contribution in [0.15, 0.2) is 18.3 Å². The highest BCUT2D eigenvalue weighted by Crippen LogP contribution is 2.06. The molecule has 1 amide bonds. The molecule has 0 fully saturated rings. The summed E-state index contributed by atoms with van der Waals surface area (Å²) in [5.41, 5.74) is 1.36. The summed E-state index contributed by atoms with van der Waals surface area (Å²) in [5.74, 6) is 0.824. The van der Waals surface area contributed by atoms with Gasteiger partial charge in [0.2, 0.25) is 0 Å². The van der Waals surface area contributed by atoms with Gasteiger partial charge in [0.15, 0.2) is 0 Å². The monoisotopic (exact) mass is 253 g/mol. The molecule has 1 rings (SSSR count). The van der Waals surface area contributed by atoms with Crippen LogP contribution >= 0.6 is 11.8 Å². The van der Waals surface area contributed by atoms with Crippen molar-refractivity contribution in [2.24, 2.45) is 0 Å². The van der Waals surface area contributed by atoms with Crippen LogP contribution in [-0.4, -0.2) is 36.0 Å². The van der Waals surface area contributed by atoms with E-state index in [2.05, 4.69) is 22.5 Å². The zero-order chi connectivity index (χ0) is 12.7. The number of hydrogen-bond acceptors (Lipinski definition) is 4. The molecular weight excluding hydrogens is 234 g/mol. The molecule has 1 aromatic rings. The Labute approximate surface area is 107 Å². The molecule has 0 saturated carbocycles. The van der Waals surface area contributed by atoms with Gasteiger partial charge in [0, 0.05) is 18.8 Å². The largest absolute Gasteiger partial charge is 0.387 e. The molecule has 0 spiro atoms. The van der Waals surface area contributed by atoms with Gasteiger partial charge in [-0.1, -0.05) is 6.92 Å². The number of nitrogens with one attached hydrogen (secondary N) is 2. The predicted molar refractivity (Wildman–Crippen MR) is 73.7 cm³/mol. The lowest BCUT2D eigenvalue weighted by Gasteiger charge is -2.15. The van der Waals surface area contributed by atoms with Gasteiger partial charge in [-0.05, 0) is 24.8 Å². The minimum Gasteiger partial charge on any atom is -0.387 e. The molecule has 0 aliphatic rings. The minimum absolute atomic E-state index is 0.103. The van der Waals surface area contributed by atoms with Crippen LogP contribution in [0.4, 0.5) is 5.69 Å². The van der Waals surface area contributed by atoms with E-state index in [-0.39, 0.29) is 11.9 Å². The number of carbonyl (C=O) groups is 1. The maximum Gasteiger partial charge on any atom is 0.270 e. The van der Waals surface area contributed by atoms with Gasteiger partial charge in [-0.3, -0.25) is 4.79 Å².